The summed E-state index contributed by atoms with van der Waals surface area (Å²) in [5, 5.41) is 10.8. The first-order valence-electron chi connectivity index (χ1n) is 10.2. The number of halogens is 1. The van der Waals surface area contributed by atoms with Crippen LogP contribution in [-0.2, 0) is 18.3 Å². The van der Waals surface area contributed by atoms with Gasteiger partial charge in [-0.2, -0.15) is 4.98 Å². The second kappa shape index (κ2) is 12.1. The minimum atomic E-state index is 0. The van der Waals surface area contributed by atoms with E-state index in [1.165, 1.54) is 11.1 Å². The molecule has 2 rings (SSSR count). The molecule has 0 fully saturated rings. The van der Waals surface area contributed by atoms with Gasteiger partial charge in [0.15, 0.2) is 11.8 Å². The highest BCUT2D eigenvalue weighted by molar-refractivity contribution is 14.0. The summed E-state index contributed by atoms with van der Waals surface area (Å²) in [7, 11) is 1.80. The fourth-order valence-electron chi connectivity index (χ4n) is 2.87. The summed E-state index contributed by atoms with van der Waals surface area (Å²) in [5.41, 5.74) is 2.71. The van der Waals surface area contributed by atoms with Crippen LogP contribution < -0.4 is 10.6 Å². The van der Waals surface area contributed by atoms with Crippen LogP contribution in [0.25, 0.3) is 0 Å². The van der Waals surface area contributed by atoms with E-state index >= 15 is 0 Å². The van der Waals surface area contributed by atoms with E-state index in [9.17, 15) is 0 Å². The summed E-state index contributed by atoms with van der Waals surface area (Å²) in [6, 6.07) is 8.89. The Morgan fingerprint density at radius 3 is 2.41 bits per heavy atom. The molecule has 0 saturated carbocycles. The molecule has 162 valence electrons. The van der Waals surface area contributed by atoms with E-state index < -0.39 is 0 Å². The van der Waals surface area contributed by atoms with Crippen LogP contribution >= 0.6 is 24.0 Å². The maximum absolute atomic E-state index is 5.28. The number of benzene rings is 1. The lowest BCUT2D eigenvalue weighted by molar-refractivity contribution is 0.368. The van der Waals surface area contributed by atoms with Crippen molar-refractivity contribution < 1.29 is 4.52 Å². The van der Waals surface area contributed by atoms with E-state index in [-0.39, 0.29) is 29.4 Å². The second-order valence-corrected chi connectivity index (χ2v) is 8.09. The SMILES string of the molecule is CCc1ccc(C(C)(C)CNC(=NC)NCCCc2nc(C(C)C)no2)cc1.I. The van der Waals surface area contributed by atoms with Crippen molar-refractivity contribution in [2.24, 2.45) is 4.99 Å². The first-order valence-corrected chi connectivity index (χ1v) is 10.2. The zero-order valence-electron chi connectivity index (χ0n) is 18.6. The summed E-state index contributed by atoms with van der Waals surface area (Å²) in [5.74, 6) is 2.58. The van der Waals surface area contributed by atoms with E-state index in [1.54, 1.807) is 7.05 Å². The number of aliphatic imine (C=N–C) groups is 1. The minimum absolute atomic E-state index is 0. The minimum Gasteiger partial charge on any atom is -0.356 e. The summed E-state index contributed by atoms with van der Waals surface area (Å²) >= 11 is 0. The van der Waals surface area contributed by atoms with Crippen LogP contribution in [0.15, 0.2) is 33.8 Å². The predicted molar refractivity (Wildman–Crippen MR) is 130 cm³/mol. The molecule has 29 heavy (non-hydrogen) atoms. The highest BCUT2D eigenvalue weighted by Gasteiger charge is 2.20. The Hall–Kier alpha value is -1.64. The Balaban J connectivity index is 0.00000420. The molecule has 7 heteroatoms. The normalized spacial score (nSPS) is 12.0. The van der Waals surface area contributed by atoms with Gasteiger partial charge in [0.1, 0.15) is 0 Å². The molecule has 6 nitrogen and oxygen atoms in total. The van der Waals surface area contributed by atoms with Crippen LogP contribution in [0.1, 0.15) is 69.8 Å². The van der Waals surface area contributed by atoms with Crippen LogP contribution in [0, 0.1) is 0 Å². The third-order valence-electron chi connectivity index (χ3n) is 4.93. The Kier molecular flexibility index (Phi) is 10.6. The molecule has 0 aliphatic heterocycles. The van der Waals surface area contributed by atoms with Gasteiger partial charge in [0, 0.05) is 37.9 Å². The first kappa shape index (κ1) is 25.4. The lowest BCUT2D eigenvalue weighted by Crippen LogP contribution is -2.43. The van der Waals surface area contributed by atoms with Crippen LogP contribution in [0.3, 0.4) is 0 Å². The molecule has 1 aromatic heterocycles. The molecule has 1 heterocycles. The molecule has 0 unspecified atom stereocenters. The van der Waals surface area contributed by atoms with E-state index in [1.807, 2.05) is 0 Å². The van der Waals surface area contributed by atoms with Gasteiger partial charge in [0.2, 0.25) is 5.89 Å². The number of hydrogen-bond acceptors (Lipinski definition) is 4. The van der Waals surface area contributed by atoms with Crippen molar-refractivity contribution in [3.05, 3.63) is 47.1 Å². The fraction of sp³-hybridized carbons (Fsp3) is 0.591. The lowest BCUT2D eigenvalue weighted by Gasteiger charge is -2.27. The molecule has 0 amide bonds. The Morgan fingerprint density at radius 1 is 1.17 bits per heavy atom. The van der Waals surface area contributed by atoms with Crippen LogP contribution in [-0.4, -0.2) is 36.2 Å². The maximum Gasteiger partial charge on any atom is 0.226 e. The number of nitrogens with one attached hydrogen (secondary N) is 2. The van der Waals surface area contributed by atoms with E-state index in [4.69, 9.17) is 4.52 Å². The molecule has 0 spiro atoms. The fourth-order valence-corrected chi connectivity index (χ4v) is 2.87. The molecule has 0 atom stereocenters. The van der Waals surface area contributed by atoms with Gasteiger partial charge in [-0.15, -0.1) is 24.0 Å². The number of aryl methyl sites for hydroxylation is 2. The van der Waals surface area contributed by atoms with Crippen molar-refractivity contribution in [3.63, 3.8) is 0 Å². The molecular formula is C22H36IN5O. The molecule has 0 aliphatic rings. The molecule has 0 aliphatic carbocycles. The number of hydrogen-bond donors (Lipinski definition) is 2. The topological polar surface area (TPSA) is 75.3 Å². The third kappa shape index (κ3) is 7.95. The van der Waals surface area contributed by atoms with Gasteiger partial charge in [0.25, 0.3) is 0 Å². The second-order valence-electron chi connectivity index (χ2n) is 8.09. The summed E-state index contributed by atoms with van der Waals surface area (Å²) in [6.45, 7) is 12.4. The van der Waals surface area contributed by atoms with Crippen molar-refractivity contribution in [1.29, 1.82) is 0 Å². The molecule has 1 aromatic carbocycles. The molecule has 0 saturated heterocycles. The summed E-state index contributed by atoms with van der Waals surface area (Å²) in [6.07, 6.45) is 2.74. The largest absolute Gasteiger partial charge is 0.356 e. The quantitative estimate of drug-likeness (QED) is 0.224. The van der Waals surface area contributed by atoms with Gasteiger partial charge in [-0.25, -0.2) is 0 Å². The predicted octanol–water partition coefficient (Wildman–Crippen LogP) is 4.45. The number of guanidine groups is 1. The highest BCUT2D eigenvalue weighted by atomic mass is 127. The van der Waals surface area contributed by atoms with Crippen molar-refractivity contribution in [2.45, 2.75) is 65.2 Å². The lowest BCUT2D eigenvalue weighted by atomic mass is 9.84. The molecule has 2 aromatic rings. The van der Waals surface area contributed by atoms with Crippen LogP contribution in [0.2, 0.25) is 0 Å². The van der Waals surface area contributed by atoms with E-state index in [0.29, 0.717) is 11.8 Å². The van der Waals surface area contributed by atoms with Gasteiger partial charge in [-0.3, -0.25) is 4.99 Å². The summed E-state index contributed by atoms with van der Waals surface area (Å²) < 4.78 is 5.28. The average molecular weight is 513 g/mol. The van der Waals surface area contributed by atoms with Crippen molar-refractivity contribution >= 4 is 29.9 Å². The van der Waals surface area contributed by atoms with Crippen molar-refractivity contribution in [3.8, 4) is 0 Å². The van der Waals surface area contributed by atoms with E-state index in [0.717, 1.165) is 44.1 Å². The summed E-state index contributed by atoms with van der Waals surface area (Å²) in [4.78, 5) is 8.74. The monoisotopic (exact) mass is 513 g/mol. The van der Waals surface area contributed by atoms with Gasteiger partial charge in [-0.05, 0) is 24.0 Å². The van der Waals surface area contributed by atoms with Gasteiger partial charge >= 0.3 is 0 Å². The standard InChI is InChI=1S/C22H35N5O.HI/c1-7-17-10-12-18(13-11-17)22(4,5)15-25-21(23-6)24-14-8-9-19-26-20(16(2)3)27-28-19;/h10-13,16H,7-9,14-15H2,1-6H3,(H2,23,24,25);1H. The molecule has 0 radical (unpaired) electrons. The Bertz CT molecular complexity index is 753. The molecule has 0 bridgehead atoms. The van der Waals surface area contributed by atoms with Crippen molar-refractivity contribution in [1.82, 2.24) is 20.8 Å². The van der Waals surface area contributed by atoms with Gasteiger partial charge in [0.05, 0.1) is 0 Å². The zero-order chi connectivity index (χ0) is 20.6. The van der Waals surface area contributed by atoms with E-state index in [2.05, 4.69) is 84.7 Å². The maximum atomic E-state index is 5.28. The molecular weight excluding hydrogens is 477 g/mol. The number of rotatable bonds is 9. The van der Waals surface area contributed by atoms with Gasteiger partial charge in [-0.1, -0.05) is 64.0 Å². The smallest absolute Gasteiger partial charge is 0.226 e. The van der Waals surface area contributed by atoms with Crippen LogP contribution in [0.5, 0.6) is 0 Å². The Morgan fingerprint density at radius 2 is 1.86 bits per heavy atom. The highest BCUT2D eigenvalue weighted by Crippen LogP contribution is 2.22. The Labute approximate surface area is 192 Å². The number of nitrogens with zero attached hydrogens (tertiary/aromatic N) is 3. The third-order valence-corrected chi connectivity index (χ3v) is 4.93. The number of aromatic nitrogens is 2. The first-order chi connectivity index (χ1) is 13.4. The molecule has 2 N–H and O–H groups in total. The average Bonchev–Trinajstić information content (AvgIpc) is 3.17. The van der Waals surface area contributed by atoms with Crippen LogP contribution in [0.4, 0.5) is 0 Å². The van der Waals surface area contributed by atoms with Gasteiger partial charge < -0.3 is 15.2 Å². The van der Waals surface area contributed by atoms with Crippen molar-refractivity contribution in [2.75, 3.05) is 20.1 Å². The zero-order valence-corrected chi connectivity index (χ0v) is 20.9.